The van der Waals surface area contributed by atoms with Gasteiger partial charge in [0.15, 0.2) is 0 Å². The van der Waals surface area contributed by atoms with Crippen LogP contribution in [-0.4, -0.2) is 19.1 Å². The second kappa shape index (κ2) is 9.19. The molecule has 0 bridgehead atoms. The van der Waals surface area contributed by atoms with Gasteiger partial charge in [0.1, 0.15) is 12.4 Å². The maximum absolute atomic E-state index is 5.86. The van der Waals surface area contributed by atoms with E-state index in [1.165, 1.54) is 16.8 Å². The van der Waals surface area contributed by atoms with Gasteiger partial charge in [0.05, 0.1) is 5.69 Å². The van der Waals surface area contributed by atoms with Crippen LogP contribution < -0.4 is 15.0 Å². The van der Waals surface area contributed by atoms with E-state index >= 15 is 0 Å². The molecule has 140 valence electrons. The standard InChI is InChI=1S/C23H27N3O/c1-18(20-10-12-22(13-11-20)26(2)3)25-16-19-7-6-9-23(15-19)27-17-21-8-4-5-14-24-21/h4-15,18,25H,16-17H2,1-3H3. The highest BCUT2D eigenvalue weighted by Crippen LogP contribution is 2.19. The summed E-state index contributed by atoms with van der Waals surface area (Å²) in [5, 5.41) is 3.58. The topological polar surface area (TPSA) is 37.4 Å². The van der Waals surface area contributed by atoms with Crippen LogP contribution in [0, 0.1) is 0 Å². The van der Waals surface area contributed by atoms with Crippen LogP contribution in [0.15, 0.2) is 72.9 Å². The Balaban J connectivity index is 1.54. The molecular formula is C23H27N3O. The van der Waals surface area contributed by atoms with Crippen LogP contribution in [0.25, 0.3) is 0 Å². The fraction of sp³-hybridized carbons (Fsp3) is 0.261. The first-order valence-corrected chi connectivity index (χ1v) is 9.24. The number of benzene rings is 2. The number of pyridine rings is 1. The van der Waals surface area contributed by atoms with E-state index in [2.05, 4.69) is 72.6 Å². The zero-order chi connectivity index (χ0) is 19.1. The average molecular weight is 361 g/mol. The Kier molecular flexibility index (Phi) is 6.44. The summed E-state index contributed by atoms with van der Waals surface area (Å²) in [4.78, 5) is 6.40. The molecule has 0 fully saturated rings. The van der Waals surface area contributed by atoms with Crippen molar-refractivity contribution < 1.29 is 4.74 Å². The monoisotopic (exact) mass is 361 g/mol. The van der Waals surface area contributed by atoms with Gasteiger partial charge < -0.3 is 15.0 Å². The van der Waals surface area contributed by atoms with Gasteiger partial charge in [0, 0.05) is 38.6 Å². The van der Waals surface area contributed by atoms with E-state index in [1.54, 1.807) is 6.20 Å². The first-order valence-electron chi connectivity index (χ1n) is 9.24. The van der Waals surface area contributed by atoms with E-state index in [0.717, 1.165) is 18.0 Å². The molecule has 1 heterocycles. The number of hydrogen-bond acceptors (Lipinski definition) is 4. The van der Waals surface area contributed by atoms with E-state index in [0.29, 0.717) is 6.61 Å². The Labute approximate surface area is 161 Å². The largest absolute Gasteiger partial charge is 0.487 e. The van der Waals surface area contributed by atoms with Gasteiger partial charge in [-0.1, -0.05) is 30.3 Å². The Morgan fingerprint density at radius 1 is 1.00 bits per heavy atom. The van der Waals surface area contributed by atoms with Crippen LogP contribution in [0.3, 0.4) is 0 Å². The highest BCUT2D eigenvalue weighted by Gasteiger charge is 2.06. The van der Waals surface area contributed by atoms with E-state index in [9.17, 15) is 0 Å². The van der Waals surface area contributed by atoms with Crippen LogP contribution in [-0.2, 0) is 13.2 Å². The fourth-order valence-corrected chi connectivity index (χ4v) is 2.84. The number of anilines is 1. The Hall–Kier alpha value is -2.85. The van der Waals surface area contributed by atoms with Gasteiger partial charge in [0.2, 0.25) is 0 Å². The van der Waals surface area contributed by atoms with Crippen molar-refractivity contribution in [2.24, 2.45) is 0 Å². The van der Waals surface area contributed by atoms with Gasteiger partial charge in [0.25, 0.3) is 0 Å². The molecule has 0 saturated carbocycles. The lowest BCUT2D eigenvalue weighted by Crippen LogP contribution is -2.18. The molecule has 3 rings (SSSR count). The number of hydrogen-bond donors (Lipinski definition) is 1. The molecule has 1 unspecified atom stereocenters. The van der Waals surface area contributed by atoms with Crippen LogP contribution in [0.2, 0.25) is 0 Å². The highest BCUT2D eigenvalue weighted by atomic mass is 16.5. The predicted molar refractivity (Wildman–Crippen MR) is 111 cm³/mol. The molecule has 0 saturated heterocycles. The third kappa shape index (κ3) is 5.56. The molecule has 1 atom stereocenters. The molecule has 4 heteroatoms. The zero-order valence-electron chi connectivity index (χ0n) is 16.2. The molecule has 4 nitrogen and oxygen atoms in total. The van der Waals surface area contributed by atoms with Gasteiger partial charge in [-0.05, 0) is 54.4 Å². The Morgan fingerprint density at radius 3 is 2.52 bits per heavy atom. The number of nitrogens with one attached hydrogen (secondary N) is 1. The quantitative estimate of drug-likeness (QED) is 0.637. The minimum atomic E-state index is 0.277. The molecule has 1 aromatic heterocycles. The van der Waals surface area contributed by atoms with Gasteiger partial charge in [-0.25, -0.2) is 0 Å². The van der Waals surface area contributed by atoms with Crippen molar-refractivity contribution in [3.8, 4) is 5.75 Å². The molecule has 0 spiro atoms. The molecule has 0 aliphatic rings. The lowest BCUT2D eigenvalue weighted by Gasteiger charge is -2.17. The van der Waals surface area contributed by atoms with Crippen molar-refractivity contribution in [1.82, 2.24) is 10.3 Å². The number of aromatic nitrogens is 1. The van der Waals surface area contributed by atoms with Crippen molar-refractivity contribution in [1.29, 1.82) is 0 Å². The number of nitrogens with zero attached hydrogens (tertiary/aromatic N) is 2. The molecule has 0 radical (unpaired) electrons. The third-order valence-corrected chi connectivity index (χ3v) is 4.53. The molecule has 0 amide bonds. The Bertz CT molecular complexity index is 832. The zero-order valence-corrected chi connectivity index (χ0v) is 16.2. The molecule has 0 aliphatic heterocycles. The summed E-state index contributed by atoms with van der Waals surface area (Å²) < 4.78 is 5.86. The first kappa shape index (κ1) is 18.9. The molecular weight excluding hydrogens is 334 g/mol. The SMILES string of the molecule is CC(NCc1cccc(OCc2ccccn2)c1)c1ccc(N(C)C)cc1. The number of rotatable bonds is 8. The van der Waals surface area contributed by atoms with Crippen LogP contribution in [0.1, 0.15) is 29.8 Å². The summed E-state index contributed by atoms with van der Waals surface area (Å²) in [7, 11) is 4.11. The van der Waals surface area contributed by atoms with Crippen molar-refractivity contribution >= 4 is 5.69 Å². The van der Waals surface area contributed by atoms with Gasteiger partial charge >= 0.3 is 0 Å². The lowest BCUT2D eigenvalue weighted by atomic mass is 10.1. The third-order valence-electron chi connectivity index (χ3n) is 4.53. The summed E-state index contributed by atoms with van der Waals surface area (Å²) in [5.74, 6) is 0.864. The molecule has 1 N–H and O–H groups in total. The lowest BCUT2D eigenvalue weighted by molar-refractivity contribution is 0.301. The summed E-state index contributed by atoms with van der Waals surface area (Å²) in [6.45, 7) is 3.45. The van der Waals surface area contributed by atoms with Crippen LogP contribution in [0.4, 0.5) is 5.69 Å². The maximum Gasteiger partial charge on any atom is 0.130 e. The summed E-state index contributed by atoms with van der Waals surface area (Å²) in [6, 6.07) is 23.0. The van der Waals surface area contributed by atoms with Crippen LogP contribution >= 0.6 is 0 Å². The van der Waals surface area contributed by atoms with Crippen molar-refractivity contribution in [2.75, 3.05) is 19.0 Å². The van der Waals surface area contributed by atoms with E-state index < -0.39 is 0 Å². The average Bonchev–Trinajstić information content (AvgIpc) is 2.71. The summed E-state index contributed by atoms with van der Waals surface area (Å²) in [6.07, 6.45) is 1.78. The van der Waals surface area contributed by atoms with Gasteiger partial charge in [-0.2, -0.15) is 0 Å². The van der Waals surface area contributed by atoms with Gasteiger partial charge in [-0.3, -0.25) is 4.98 Å². The first-order chi connectivity index (χ1) is 13.1. The van der Waals surface area contributed by atoms with E-state index in [1.807, 2.05) is 30.3 Å². The predicted octanol–water partition coefficient (Wildman–Crippen LogP) is 4.58. The van der Waals surface area contributed by atoms with E-state index in [-0.39, 0.29) is 6.04 Å². The smallest absolute Gasteiger partial charge is 0.130 e. The minimum Gasteiger partial charge on any atom is -0.487 e. The van der Waals surface area contributed by atoms with Crippen LogP contribution in [0.5, 0.6) is 5.75 Å². The highest BCUT2D eigenvalue weighted by molar-refractivity contribution is 5.46. The Morgan fingerprint density at radius 2 is 1.81 bits per heavy atom. The van der Waals surface area contributed by atoms with Crippen molar-refractivity contribution in [2.45, 2.75) is 26.1 Å². The maximum atomic E-state index is 5.86. The summed E-state index contributed by atoms with van der Waals surface area (Å²) in [5.41, 5.74) is 4.62. The minimum absolute atomic E-state index is 0.277. The van der Waals surface area contributed by atoms with Crippen molar-refractivity contribution in [3.63, 3.8) is 0 Å². The molecule has 3 aromatic rings. The van der Waals surface area contributed by atoms with Crippen molar-refractivity contribution in [3.05, 3.63) is 89.7 Å². The second-order valence-corrected chi connectivity index (χ2v) is 6.85. The molecule has 2 aromatic carbocycles. The normalized spacial score (nSPS) is 11.8. The number of ether oxygens (including phenoxy) is 1. The second-order valence-electron chi connectivity index (χ2n) is 6.85. The van der Waals surface area contributed by atoms with Gasteiger partial charge in [-0.15, -0.1) is 0 Å². The molecule has 0 aliphatic carbocycles. The fourth-order valence-electron chi connectivity index (χ4n) is 2.84. The summed E-state index contributed by atoms with van der Waals surface area (Å²) >= 11 is 0. The molecule has 27 heavy (non-hydrogen) atoms. The van der Waals surface area contributed by atoms with E-state index in [4.69, 9.17) is 4.74 Å².